The maximum Gasteiger partial charge on any atom is 0.177 e. The highest BCUT2D eigenvalue weighted by atomic mass is 127. The molecule has 1 aromatic carbocycles. The fourth-order valence-corrected chi connectivity index (χ4v) is 2.86. The molecule has 1 heterocycles. The average Bonchev–Trinajstić information content (AvgIpc) is 2.42. The van der Waals surface area contributed by atoms with Gasteiger partial charge in [0.05, 0.1) is 6.61 Å². The second-order valence-corrected chi connectivity index (χ2v) is 4.89. The molecule has 0 fully saturated rings. The average molecular weight is 308 g/mol. The van der Waals surface area contributed by atoms with Crippen LogP contribution in [0.2, 0.25) is 0 Å². The molecule has 0 radical (unpaired) electrons. The van der Waals surface area contributed by atoms with Gasteiger partial charge in [-0.2, -0.15) is 4.39 Å². The second kappa shape index (κ2) is 3.51. The summed E-state index contributed by atoms with van der Waals surface area (Å²) in [5, 5.41) is 9.68. The third kappa shape index (κ3) is 1.70. The van der Waals surface area contributed by atoms with E-state index in [-0.39, 0.29) is 11.7 Å². The van der Waals surface area contributed by atoms with E-state index >= 15 is 0 Å². The Morgan fingerprint density at radius 1 is 1.38 bits per heavy atom. The molecule has 0 aliphatic heterocycles. The van der Waals surface area contributed by atoms with E-state index in [4.69, 9.17) is 5.11 Å². The molecule has 0 aliphatic rings. The summed E-state index contributed by atoms with van der Waals surface area (Å²) in [4.78, 5) is 0. The summed E-state index contributed by atoms with van der Waals surface area (Å²) in [6.45, 7) is 0.00563. The molecule has 0 aliphatic carbocycles. The third-order valence-electron chi connectivity index (χ3n) is 1.83. The van der Waals surface area contributed by atoms with Crippen LogP contribution in [-0.2, 0) is 6.61 Å². The van der Waals surface area contributed by atoms with E-state index in [1.54, 1.807) is 0 Å². The maximum absolute atomic E-state index is 12.8. The molecular weight excluding hydrogens is 302 g/mol. The van der Waals surface area contributed by atoms with Crippen molar-refractivity contribution < 1.29 is 9.50 Å². The van der Waals surface area contributed by atoms with Gasteiger partial charge in [-0.3, -0.25) is 0 Å². The van der Waals surface area contributed by atoms with E-state index in [1.165, 1.54) is 6.07 Å². The molecule has 1 aromatic heterocycles. The highest BCUT2D eigenvalue weighted by Gasteiger charge is 2.05. The van der Waals surface area contributed by atoms with E-state index < -0.39 is 0 Å². The van der Waals surface area contributed by atoms with Crippen molar-refractivity contribution in [3.63, 3.8) is 0 Å². The van der Waals surface area contributed by atoms with Gasteiger partial charge in [0.15, 0.2) is 5.13 Å². The number of rotatable bonds is 1. The summed E-state index contributed by atoms with van der Waals surface area (Å²) in [6.07, 6.45) is 0. The lowest BCUT2D eigenvalue weighted by Gasteiger charge is -1.99. The Morgan fingerprint density at radius 2 is 2.15 bits per heavy atom. The maximum atomic E-state index is 12.8. The molecule has 1 nitrogen and oxygen atoms in total. The first kappa shape index (κ1) is 9.36. The van der Waals surface area contributed by atoms with Crippen LogP contribution in [0.15, 0.2) is 18.2 Å². The van der Waals surface area contributed by atoms with Crippen LogP contribution in [0.1, 0.15) is 5.56 Å². The van der Waals surface area contributed by atoms with Gasteiger partial charge in [0, 0.05) is 8.27 Å². The monoisotopic (exact) mass is 308 g/mol. The lowest BCUT2D eigenvalue weighted by atomic mass is 10.2. The van der Waals surface area contributed by atoms with Crippen molar-refractivity contribution in [2.24, 2.45) is 0 Å². The minimum atomic E-state index is -0.180. The fraction of sp³-hybridized carbons (Fsp3) is 0.111. The number of hydrogen-bond donors (Lipinski definition) is 1. The zero-order valence-corrected chi connectivity index (χ0v) is 9.52. The standard InChI is InChI=1S/C9H6FIOS/c10-9-2-5-1-6(4-12)7(11)3-8(5)13-9/h1-3,12H,4H2. The van der Waals surface area contributed by atoms with E-state index in [2.05, 4.69) is 22.6 Å². The van der Waals surface area contributed by atoms with Crippen molar-refractivity contribution in [1.29, 1.82) is 0 Å². The van der Waals surface area contributed by atoms with Crippen molar-refractivity contribution in [2.45, 2.75) is 6.61 Å². The first-order chi connectivity index (χ1) is 6.20. The molecule has 0 amide bonds. The minimum Gasteiger partial charge on any atom is -0.392 e. The smallest absolute Gasteiger partial charge is 0.177 e. The molecule has 0 bridgehead atoms. The Labute approximate surface area is 92.3 Å². The number of halogens is 2. The summed E-state index contributed by atoms with van der Waals surface area (Å²) in [5.41, 5.74) is 0.853. The van der Waals surface area contributed by atoms with Crippen LogP contribution in [0.5, 0.6) is 0 Å². The second-order valence-electron chi connectivity index (χ2n) is 2.69. The minimum absolute atomic E-state index is 0.00563. The Morgan fingerprint density at radius 3 is 2.85 bits per heavy atom. The predicted octanol–water partition coefficient (Wildman–Crippen LogP) is 3.14. The number of benzene rings is 1. The van der Waals surface area contributed by atoms with E-state index in [0.29, 0.717) is 0 Å². The molecule has 2 aromatic rings. The van der Waals surface area contributed by atoms with Crippen molar-refractivity contribution in [3.8, 4) is 0 Å². The molecule has 68 valence electrons. The van der Waals surface area contributed by atoms with Gasteiger partial charge in [-0.05, 0) is 51.7 Å². The van der Waals surface area contributed by atoms with Crippen LogP contribution >= 0.6 is 33.9 Å². The fourth-order valence-electron chi connectivity index (χ4n) is 1.20. The van der Waals surface area contributed by atoms with Crippen LogP contribution in [-0.4, -0.2) is 5.11 Å². The normalized spacial score (nSPS) is 11.0. The first-order valence-corrected chi connectivity index (χ1v) is 5.58. The summed E-state index contributed by atoms with van der Waals surface area (Å²) in [6, 6.07) is 5.22. The van der Waals surface area contributed by atoms with Gasteiger partial charge in [0.1, 0.15) is 0 Å². The van der Waals surface area contributed by atoms with Gasteiger partial charge in [-0.1, -0.05) is 0 Å². The molecule has 1 N–H and O–H groups in total. The first-order valence-electron chi connectivity index (χ1n) is 3.69. The Kier molecular flexibility index (Phi) is 2.53. The van der Waals surface area contributed by atoms with Crippen molar-refractivity contribution >= 4 is 44.0 Å². The van der Waals surface area contributed by atoms with Crippen molar-refractivity contribution in [1.82, 2.24) is 0 Å². The Bertz CT molecular complexity index is 452. The highest BCUT2D eigenvalue weighted by Crippen LogP contribution is 2.28. The molecule has 0 unspecified atom stereocenters. The predicted molar refractivity (Wildman–Crippen MR) is 60.4 cm³/mol. The third-order valence-corrected chi connectivity index (χ3v) is 3.72. The number of aliphatic hydroxyl groups excluding tert-OH is 1. The van der Waals surface area contributed by atoms with Gasteiger partial charge < -0.3 is 5.11 Å². The molecular formula is C9H6FIOS. The summed E-state index contributed by atoms with van der Waals surface area (Å²) < 4.78 is 14.8. The number of aliphatic hydroxyl groups is 1. The van der Waals surface area contributed by atoms with Crippen LogP contribution in [0.3, 0.4) is 0 Å². The van der Waals surface area contributed by atoms with Crippen molar-refractivity contribution in [3.05, 3.63) is 32.5 Å². The topological polar surface area (TPSA) is 20.2 Å². The van der Waals surface area contributed by atoms with E-state index in [1.807, 2.05) is 12.1 Å². The largest absolute Gasteiger partial charge is 0.392 e. The summed E-state index contributed by atoms with van der Waals surface area (Å²) in [5.74, 6) is 0. The summed E-state index contributed by atoms with van der Waals surface area (Å²) in [7, 11) is 0. The molecule has 2 rings (SSSR count). The lowest BCUT2D eigenvalue weighted by Crippen LogP contribution is -1.86. The Balaban J connectivity index is 2.72. The van der Waals surface area contributed by atoms with Gasteiger partial charge in [-0.25, -0.2) is 0 Å². The zero-order valence-electron chi connectivity index (χ0n) is 6.55. The molecule has 0 spiro atoms. The van der Waals surface area contributed by atoms with Crippen LogP contribution in [0, 0.1) is 8.70 Å². The SMILES string of the molecule is OCc1cc2cc(F)sc2cc1I. The van der Waals surface area contributed by atoms with Crippen LogP contribution < -0.4 is 0 Å². The highest BCUT2D eigenvalue weighted by molar-refractivity contribution is 14.1. The quantitative estimate of drug-likeness (QED) is 0.803. The zero-order chi connectivity index (χ0) is 9.42. The van der Waals surface area contributed by atoms with E-state index in [9.17, 15) is 4.39 Å². The molecule has 13 heavy (non-hydrogen) atoms. The molecule has 0 saturated carbocycles. The Hall–Kier alpha value is -0.200. The van der Waals surface area contributed by atoms with Crippen LogP contribution in [0.25, 0.3) is 10.1 Å². The molecule has 4 heteroatoms. The number of fused-ring (bicyclic) bond motifs is 1. The molecule has 0 saturated heterocycles. The number of hydrogen-bond acceptors (Lipinski definition) is 2. The van der Waals surface area contributed by atoms with Gasteiger partial charge in [0.25, 0.3) is 0 Å². The van der Waals surface area contributed by atoms with Crippen molar-refractivity contribution in [2.75, 3.05) is 0 Å². The van der Waals surface area contributed by atoms with Gasteiger partial charge >= 0.3 is 0 Å². The van der Waals surface area contributed by atoms with Crippen LogP contribution in [0.4, 0.5) is 4.39 Å². The van der Waals surface area contributed by atoms with Gasteiger partial charge in [-0.15, -0.1) is 11.3 Å². The van der Waals surface area contributed by atoms with Gasteiger partial charge in [0.2, 0.25) is 0 Å². The van der Waals surface area contributed by atoms with E-state index in [0.717, 1.165) is 30.6 Å². The molecule has 0 atom stereocenters. The lowest BCUT2D eigenvalue weighted by molar-refractivity contribution is 0.281. The summed E-state index contributed by atoms with van der Waals surface area (Å²) >= 11 is 3.27. The number of thiophene rings is 1.